The van der Waals surface area contributed by atoms with Gasteiger partial charge in [-0.25, -0.2) is 9.97 Å². The Bertz CT molecular complexity index is 1030. The molecule has 0 saturated carbocycles. The zero-order valence-corrected chi connectivity index (χ0v) is 14.6. The van der Waals surface area contributed by atoms with E-state index in [4.69, 9.17) is 21.0 Å². The maximum absolute atomic E-state index is 5.93. The minimum atomic E-state index is 0.310. The number of nitrogens with zero attached hydrogens (tertiary/aromatic N) is 5. The van der Waals surface area contributed by atoms with Crippen molar-refractivity contribution in [3.63, 3.8) is 0 Å². The standard InChI is InChI=1S/C18H16ClN5O/c1-12-5-3-4-6-13(12)10-16-21-17(14-9-15(19)25-11-14)24(22-16)18-20-7-8-23(18)2/h3-9,11H,10H2,1-2H3. The van der Waals surface area contributed by atoms with Crippen molar-refractivity contribution in [2.24, 2.45) is 7.05 Å². The molecule has 6 nitrogen and oxygen atoms in total. The van der Waals surface area contributed by atoms with Gasteiger partial charge in [-0.1, -0.05) is 24.3 Å². The molecule has 3 aromatic heterocycles. The fourth-order valence-electron chi connectivity index (χ4n) is 2.72. The number of hydrogen-bond donors (Lipinski definition) is 0. The molecule has 0 radical (unpaired) electrons. The Morgan fingerprint density at radius 1 is 1.24 bits per heavy atom. The number of rotatable bonds is 4. The normalized spacial score (nSPS) is 11.2. The summed E-state index contributed by atoms with van der Waals surface area (Å²) in [7, 11) is 1.91. The number of aryl methyl sites for hydroxylation is 2. The van der Waals surface area contributed by atoms with Crippen molar-refractivity contribution in [1.29, 1.82) is 0 Å². The van der Waals surface area contributed by atoms with Gasteiger partial charge in [-0.05, 0) is 29.7 Å². The van der Waals surface area contributed by atoms with Gasteiger partial charge in [0, 0.05) is 31.9 Å². The van der Waals surface area contributed by atoms with Crippen LogP contribution in [-0.4, -0.2) is 24.3 Å². The molecule has 0 bridgehead atoms. The second kappa shape index (κ2) is 6.22. The summed E-state index contributed by atoms with van der Waals surface area (Å²) in [5.74, 6) is 2.04. The van der Waals surface area contributed by atoms with Crippen LogP contribution in [0.1, 0.15) is 17.0 Å². The molecule has 0 amide bonds. The van der Waals surface area contributed by atoms with Crippen LogP contribution in [0.3, 0.4) is 0 Å². The molecule has 0 unspecified atom stereocenters. The van der Waals surface area contributed by atoms with E-state index in [-0.39, 0.29) is 0 Å². The monoisotopic (exact) mass is 353 g/mol. The van der Waals surface area contributed by atoms with Crippen LogP contribution in [0.15, 0.2) is 53.4 Å². The van der Waals surface area contributed by atoms with Gasteiger partial charge in [-0.15, -0.1) is 5.10 Å². The molecule has 0 spiro atoms. The van der Waals surface area contributed by atoms with Crippen molar-refractivity contribution in [2.45, 2.75) is 13.3 Å². The summed E-state index contributed by atoms with van der Waals surface area (Å²) >= 11 is 5.93. The van der Waals surface area contributed by atoms with Gasteiger partial charge in [0.05, 0.1) is 5.56 Å². The first-order chi connectivity index (χ1) is 12.1. The van der Waals surface area contributed by atoms with Gasteiger partial charge in [0.15, 0.2) is 16.9 Å². The average Bonchev–Trinajstić information content (AvgIpc) is 3.29. The van der Waals surface area contributed by atoms with Crippen LogP contribution < -0.4 is 0 Å². The Labute approximate surface area is 149 Å². The molecule has 126 valence electrons. The van der Waals surface area contributed by atoms with Gasteiger partial charge < -0.3 is 8.98 Å². The summed E-state index contributed by atoms with van der Waals surface area (Å²) in [5.41, 5.74) is 3.16. The quantitative estimate of drug-likeness (QED) is 0.559. The number of hydrogen-bond acceptors (Lipinski definition) is 4. The highest BCUT2D eigenvalue weighted by Crippen LogP contribution is 2.25. The summed E-state index contributed by atoms with van der Waals surface area (Å²) < 4.78 is 8.83. The van der Waals surface area contributed by atoms with Crippen LogP contribution >= 0.6 is 11.6 Å². The molecule has 3 heterocycles. The van der Waals surface area contributed by atoms with E-state index in [9.17, 15) is 0 Å². The van der Waals surface area contributed by atoms with E-state index in [2.05, 4.69) is 29.1 Å². The van der Waals surface area contributed by atoms with Crippen LogP contribution in [0.2, 0.25) is 5.22 Å². The van der Waals surface area contributed by atoms with Gasteiger partial charge in [0.1, 0.15) is 6.26 Å². The highest BCUT2D eigenvalue weighted by atomic mass is 35.5. The summed E-state index contributed by atoms with van der Waals surface area (Å²) in [6, 6.07) is 9.95. The first-order valence-corrected chi connectivity index (χ1v) is 8.22. The van der Waals surface area contributed by atoms with Crippen molar-refractivity contribution in [3.05, 3.63) is 71.2 Å². The largest absolute Gasteiger partial charge is 0.452 e. The first kappa shape index (κ1) is 15.7. The molecular weight excluding hydrogens is 338 g/mol. The Hall–Kier alpha value is -2.86. The Kier molecular flexibility index (Phi) is 3.89. The van der Waals surface area contributed by atoms with E-state index in [1.165, 1.54) is 11.1 Å². The maximum atomic E-state index is 5.93. The smallest absolute Gasteiger partial charge is 0.232 e. The predicted octanol–water partition coefficient (Wildman–Crippen LogP) is 3.81. The fourth-order valence-corrected chi connectivity index (χ4v) is 2.89. The molecule has 0 aliphatic carbocycles. The first-order valence-electron chi connectivity index (χ1n) is 7.84. The molecule has 4 aromatic rings. The van der Waals surface area contributed by atoms with Crippen LogP contribution in [0, 0.1) is 6.92 Å². The lowest BCUT2D eigenvalue weighted by molar-refractivity contribution is 0.569. The zero-order valence-electron chi connectivity index (χ0n) is 13.8. The van der Waals surface area contributed by atoms with Gasteiger partial charge in [0.25, 0.3) is 0 Å². The van der Waals surface area contributed by atoms with Crippen molar-refractivity contribution in [1.82, 2.24) is 24.3 Å². The zero-order chi connectivity index (χ0) is 17.4. The molecule has 0 aliphatic rings. The van der Waals surface area contributed by atoms with Crippen LogP contribution in [0.25, 0.3) is 17.3 Å². The lowest BCUT2D eigenvalue weighted by Crippen LogP contribution is -2.06. The molecule has 4 rings (SSSR count). The highest BCUT2D eigenvalue weighted by Gasteiger charge is 2.18. The third kappa shape index (κ3) is 2.96. The van der Waals surface area contributed by atoms with Crippen molar-refractivity contribution in [2.75, 3.05) is 0 Å². The summed E-state index contributed by atoms with van der Waals surface area (Å²) in [6.07, 6.45) is 5.81. The Balaban J connectivity index is 1.81. The van der Waals surface area contributed by atoms with Crippen LogP contribution in [0.5, 0.6) is 0 Å². The lowest BCUT2D eigenvalue weighted by atomic mass is 10.1. The molecule has 1 aromatic carbocycles. The van der Waals surface area contributed by atoms with Crippen LogP contribution in [0.4, 0.5) is 0 Å². The number of furan rings is 1. The van der Waals surface area contributed by atoms with E-state index >= 15 is 0 Å². The second-order valence-electron chi connectivity index (χ2n) is 5.84. The molecular formula is C18H16ClN5O. The number of imidazole rings is 1. The fraction of sp³-hybridized carbons (Fsp3) is 0.167. The van der Waals surface area contributed by atoms with Crippen LogP contribution in [-0.2, 0) is 13.5 Å². The average molecular weight is 354 g/mol. The third-order valence-corrected chi connectivity index (χ3v) is 4.27. The number of benzene rings is 1. The maximum Gasteiger partial charge on any atom is 0.232 e. The van der Waals surface area contributed by atoms with Crippen molar-refractivity contribution >= 4 is 11.6 Å². The summed E-state index contributed by atoms with van der Waals surface area (Å²) in [4.78, 5) is 9.08. The topological polar surface area (TPSA) is 61.7 Å². The SMILES string of the molecule is Cc1ccccc1Cc1nc(-c2coc(Cl)c2)n(-c2nccn2C)n1. The lowest BCUT2D eigenvalue weighted by Gasteiger charge is -2.03. The van der Waals surface area contributed by atoms with E-state index < -0.39 is 0 Å². The summed E-state index contributed by atoms with van der Waals surface area (Å²) in [5, 5.41) is 4.98. The van der Waals surface area contributed by atoms with E-state index in [1.807, 2.05) is 29.9 Å². The molecule has 0 atom stereocenters. The van der Waals surface area contributed by atoms with Gasteiger partial charge in [0.2, 0.25) is 5.95 Å². The minimum Gasteiger partial charge on any atom is -0.452 e. The molecule has 0 aliphatic heterocycles. The molecule has 0 saturated heterocycles. The van der Waals surface area contributed by atoms with E-state index in [1.54, 1.807) is 23.2 Å². The number of halogens is 1. The molecule has 25 heavy (non-hydrogen) atoms. The molecule has 0 N–H and O–H groups in total. The van der Waals surface area contributed by atoms with E-state index in [0.29, 0.717) is 29.2 Å². The second-order valence-corrected chi connectivity index (χ2v) is 6.22. The van der Waals surface area contributed by atoms with Gasteiger partial charge >= 0.3 is 0 Å². The molecule has 0 fully saturated rings. The van der Waals surface area contributed by atoms with E-state index in [0.717, 1.165) is 5.56 Å². The Morgan fingerprint density at radius 2 is 2.08 bits per heavy atom. The van der Waals surface area contributed by atoms with Gasteiger partial charge in [-0.3, -0.25) is 0 Å². The molecule has 7 heteroatoms. The predicted molar refractivity (Wildman–Crippen MR) is 94.8 cm³/mol. The van der Waals surface area contributed by atoms with Crippen molar-refractivity contribution < 1.29 is 4.42 Å². The highest BCUT2D eigenvalue weighted by molar-refractivity contribution is 6.29. The number of aromatic nitrogens is 5. The van der Waals surface area contributed by atoms with Crippen molar-refractivity contribution in [3.8, 4) is 17.3 Å². The Morgan fingerprint density at radius 3 is 2.76 bits per heavy atom. The summed E-state index contributed by atoms with van der Waals surface area (Å²) in [6.45, 7) is 2.09. The third-order valence-electron chi connectivity index (χ3n) is 4.07. The minimum absolute atomic E-state index is 0.310. The van der Waals surface area contributed by atoms with Gasteiger partial charge in [-0.2, -0.15) is 4.68 Å².